The van der Waals surface area contributed by atoms with Gasteiger partial charge in [-0.2, -0.15) is 13.2 Å². The molecule has 2 aromatic carbocycles. The summed E-state index contributed by atoms with van der Waals surface area (Å²) in [4.78, 5) is 12.3. The summed E-state index contributed by atoms with van der Waals surface area (Å²) in [5, 5.41) is 2.90. The van der Waals surface area contributed by atoms with Crippen LogP contribution in [0.1, 0.15) is 49.8 Å². The molecule has 1 atom stereocenters. The minimum atomic E-state index is -4.54. The number of hydrogen-bond acceptors (Lipinski definition) is 3. The molecule has 0 spiro atoms. The Kier molecular flexibility index (Phi) is 7.24. The standard InChI is InChI=1S/C22H24F4N2O3S/c1-14(15-2-8-18(23)9-3-15)27-21(29)16-4-10-19(11-5-16)28-32(30,31)20-12-6-17(7-13-20)22(24,25)26/h2-3,6-9,12-14,16,19,28H,4-5,10-11H2,1H3,(H,27,29)/t14-,16?,19?/m1/s1. The van der Waals surface area contributed by atoms with Gasteiger partial charge in [0.05, 0.1) is 16.5 Å². The molecule has 1 saturated carbocycles. The number of rotatable bonds is 6. The fourth-order valence-electron chi connectivity index (χ4n) is 3.75. The maximum absolute atomic E-state index is 13.0. The van der Waals surface area contributed by atoms with E-state index in [2.05, 4.69) is 10.0 Å². The van der Waals surface area contributed by atoms with Gasteiger partial charge in [0, 0.05) is 12.0 Å². The Labute approximate surface area is 184 Å². The minimum Gasteiger partial charge on any atom is -0.349 e. The quantitative estimate of drug-likeness (QED) is 0.606. The van der Waals surface area contributed by atoms with E-state index in [1.54, 1.807) is 19.1 Å². The third-order valence-corrected chi connectivity index (χ3v) is 7.18. The molecule has 1 amide bonds. The summed E-state index contributed by atoms with van der Waals surface area (Å²) in [6.07, 6.45) is -2.72. The number of alkyl halides is 3. The number of amides is 1. The molecule has 32 heavy (non-hydrogen) atoms. The lowest BCUT2D eigenvalue weighted by molar-refractivity contribution is -0.137. The lowest BCUT2D eigenvalue weighted by Gasteiger charge is -2.29. The number of sulfonamides is 1. The molecule has 0 aromatic heterocycles. The molecule has 1 fully saturated rings. The molecule has 174 valence electrons. The number of halogens is 4. The highest BCUT2D eigenvalue weighted by atomic mass is 32.2. The second-order valence-corrected chi connectivity index (χ2v) is 9.69. The van der Waals surface area contributed by atoms with Crippen molar-refractivity contribution in [2.24, 2.45) is 5.92 Å². The number of benzene rings is 2. The molecule has 0 heterocycles. The zero-order valence-electron chi connectivity index (χ0n) is 17.3. The number of hydrogen-bond donors (Lipinski definition) is 2. The first-order valence-electron chi connectivity index (χ1n) is 10.2. The van der Waals surface area contributed by atoms with Crippen LogP contribution in [0.15, 0.2) is 53.4 Å². The summed E-state index contributed by atoms with van der Waals surface area (Å²) >= 11 is 0. The average Bonchev–Trinajstić information content (AvgIpc) is 2.74. The fraction of sp³-hybridized carbons (Fsp3) is 0.409. The summed E-state index contributed by atoms with van der Waals surface area (Å²) in [5.41, 5.74) is -0.143. The van der Waals surface area contributed by atoms with Gasteiger partial charge in [-0.1, -0.05) is 12.1 Å². The van der Waals surface area contributed by atoms with Crippen molar-refractivity contribution in [3.05, 3.63) is 65.5 Å². The second kappa shape index (κ2) is 9.58. The van der Waals surface area contributed by atoms with E-state index in [0.717, 1.165) is 29.8 Å². The lowest BCUT2D eigenvalue weighted by atomic mass is 9.85. The van der Waals surface area contributed by atoms with Gasteiger partial charge in [-0.3, -0.25) is 4.79 Å². The highest BCUT2D eigenvalue weighted by Gasteiger charge is 2.32. The molecule has 0 aliphatic heterocycles. The molecular weight excluding hydrogens is 448 g/mol. The number of carbonyl (C=O) groups is 1. The topological polar surface area (TPSA) is 75.3 Å². The van der Waals surface area contributed by atoms with Crippen LogP contribution in [0.3, 0.4) is 0 Å². The van der Waals surface area contributed by atoms with Gasteiger partial charge in [-0.25, -0.2) is 17.5 Å². The van der Waals surface area contributed by atoms with Crippen LogP contribution < -0.4 is 10.0 Å². The van der Waals surface area contributed by atoms with Crippen LogP contribution in [0, 0.1) is 11.7 Å². The van der Waals surface area contributed by atoms with Crippen LogP contribution >= 0.6 is 0 Å². The molecule has 2 N–H and O–H groups in total. The lowest BCUT2D eigenvalue weighted by Crippen LogP contribution is -2.41. The maximum Gasteiger partial charge on any atom is 0.416 e. The third-order valence-electron chi connectivity index (χ3n) is 5.64. The predicted octanol–water partition coefficient (Wildman–Crippen LogP) is 4.56. The highest BCUT2D eigenvalue weighted by Crippen LogP contribution is 2.30. The van der Waals surface area contributed by atoms with Crippen LogP contribution in [0.4, 0.5) is 17.6 Å². The summed E-state index contributed by atoms with van der Waals surface area (Å²) in [6.45, 7) is 1.80. The first-order valence-corrected chi connectivity index (χ1v) is 11.7. The van der Waals surface area contributed by atoms with E-state index < -0.39 is 27.8 Å². The molecule has 3 rings (SSSR count). The van der Waals surface area contributed by atoms with E-state index in [4.69, 9.17) is 0 Å². The van der Waals surface area contributed by atoms with Crippen molar-refractivity contribution < 1.29 is 30.8 Å². The summed E-state index contributed by atoms with van der Waals surface area (Å²) in [6, 6.07) is 8.50. The molecule has 10 heteroatoms. The number of carbonyl (C=O) groups excluding carboxylic acids is 1. The van der Waals surface area contributed by atoms with Gasteiger partial charge >= 0.3 is 6.18 Å². The Morgan fingerprint density at radius 3 is 2.06 bits per heavy atom. The van der Waals surface area contributed by atoms with Gasteiger partial charge in [0.1, 0.15) is 5.82 Å². The number of nitrogens with one attached hydrogen (secondary N) is 2. The van der Waals surface area contributed by atoms with E-state index in [9.17, 15) is 30.8 Å². The molecule has 0 unspecified atom stereocenters. The van der Waals surface area contributed by atoms with Crippen molar-refractivity contribution in [2.45, 2.75) is 55.8 Å². The fourth-order valence-corrected chi connectivity index (χ4v) is 5.06. The Bertz CT molecular complexity index is 1030. The second-order valence-electron chi connectivity index (χ2n) is 7.97. The van der Waals surface area contributed by atoms with E-state index >= 15 is 0 Å². The summed E-state index contributed by atoms with van der Waals surface area (Å²) in [7, 11) is -3.97. The summed E-state index contributed by atoms with van der Waals surface area (Å²) < 4.78 is 78.6. The minimum absolute atomic E-state index is 0.147. The van der Waals surface area contributed by atoms with Crippen molar-refractivity contribution in [1.82, 2.24) is 10.0 Å². The largest absolute Gasteiger partial charge is 0.416 e. The van der Waals surface area contributed by atoms with Crippen molar-refractivity contribution >= 4 is 15.9 Å². The van der Waals surface area contributed by atoms with Crippen LogP contribution in [0.5, 0.6) is 0 Å². The first-order chi connectivity index (χ1) is 15.0. The van der Waals surface area contributed by atoms with E-state index in [-0.39, 0.29) is 28.6 Å². The van der Waals surface area contributed by atoms with E-state index in [1.165, 1.54) is 12.1 Å². The molecule has 0 radical (unpaired) electrons. The van der Waals surface area contributed by atoms with Crippen LogP contribution in [-0.2, 0) is 21.0 Å². The van der Waals surface area contributed by atoms with Crippen molar-refractivity contribution in [3.8, 4) is 0 Å². The normalized spacial score (nSPS) is 20.5. The van der Waals surface area contributed by atoms with Crippen molar-refractivity contribution in [3.63, 3.8) is 0 Å². The van der Waals surface area contributed by atoms with Crippen LogP contribution in [-0.4, -0.2) is 20.4 Å². The summed E-state index contributed by atoms with van der Waals surface area (Å²) in [5.74, 6) is -0.778. The highest BCUT2D eigenvalue weighted by molar-refractivity contribution is 7.89. The van der Waals surface area contributed by atoms with Gasteiger partial charge in [-0.15, -0.1) is 0 Å². The van der Waals surface area contributed by atoms with Gasteiger partial charge < -0.3 is 5.32 Å². The Morgan fingerprint density at radius 2 is 1.53 bits per heavy atom. The molecular formula is C22H24F4N2O3S. The van der Waals surface area contributed by atoms with Gasteiger partial charge in [-0.05, 0) is 74.6 Å². The van der Waals surface area contributed by atoms with Crippen LogP contribution in [0.2, 0.25) is 0 Å². The van der Waals surface area contributed by atoms with Crippen molar-refractivity contribution in [2.75, 3.05) is 0 Å². The van der Waals surface area contributed by atoms with E-state index in [0.29, 0.717) is 25.7 Å². The Hall–Kier alpha value is -2.46. The molecule has 1 aliphatic rings. The maximum atomic E-state index is 13.0. The molecule has 5 nitrogen and oxygen atoms in total. The molecule has 0 saturated heterocycles. The zero-order valence-corrected chi connectivity index (χ0v) is 18.1. The van der Waals surface area contributed by atoms with Gasteiger partial charge in [0.25, 0.3) is 0 Å². The molecule has 1 aliphatic carbocycles. The van der Waals surface area contributed by atoms with Gasteiger partial charge in [0.15, 0.2) is 0 Å². The predicted molar refractivity (Wildman–Crippen MR) is 110 cm³/mol. The smallest absolute Gasteiger partial charge is 0.349 e. The average molecular weight is 473 g/mol. The third kappa shape index (κ3) is 6.07. The van der Waals surface area contributed by atoms with Crippen LogP contribution in [0.25, 0.3) is 0 Å². The Balaban J connectivity index is 1.52. The van der Waals surface area contributed by atoms with Gasteiger partial charge in [0.2, 0.25) is 15.9 Å². The Morgan fingerprint density at radius 1 is 0.969 bits per heavy atom. The SMILES string of the molecule is C[C@@H](NC(=O)C1CCC(NS(=O)(=O)c2ccc(C(F)(F)F)cc2)CC1)c1ccc(F)cc1. The zero-order chi connectivity index (χ0) is 23.5. The monoisotopic (exact) mass is 472 g/mol. The van der Waals surface area contributed by atoms with Crippen molar-refractivity contribution in [1.29, 1.82) is 0 Å². The molecule has 2 aromatic rings. The molecule has 0 bridgehead atoms. The first kappa shape index (κ1) is 24.2. The van der Waals surface area contributed by atoms with E-state index in [1.807, 2.05) is 0 Å².